The van der Waals surface area contributed by atoms with Gasteiger partial charge in [0, 0.05) is 18.0 Å². The van der Waals surface area contributed by atoms with E-state index < -0.39 is 0 Å². The van der Waals surface area contributed by atoms with E-state index in [1.54, 1.807) is 0 Å². The quantitative estimate of drug-likeness (QED) is 0.676. The lowest BCUT2D eigenvalue weighted by Gasteiger charge is -2.12. The summed E-state index contributed by atoms with van der Waals surface area (Å²) in [5, 5.41) is 5.36. The molecule has 0 aromatic heterocycles. The number of carbonyl (C=O) groups excluding carboxylic acids is 2. The van der Waals surface area contributed by atoms with Crippen LogP contribution in [0.5, 0.6) is 0 Å². The summed E-state index contributed by atoms with van der Waals surface area (Å²) in [5.74, 6) is -0.209. The van der Waals surface area contributed by atoms with Gasteiger partial charge in [-0.1, -0.05) is 0 Å². The molecule has 0 aliphatic heterocycles. The smallest absolute Gasteiger partial charge is 0.239 e. The van der Waals surface area contributed by atoms with Crippen LogP contribution in [0.25, 0.3) is 0 Å². The van der Waals surface area contributed by atoms with E-state index in [0.717, 1.165) is 19.3 Å². The molecule has 5 nitrogen and oxygen atoms in total. The van der Waals surface area contributed by atoms with Crippen LogP contribution < -0.4 is 16.4 Å². The first kappa shape index (κ1) is 16.2. The maximum absolute atomic E-state index is 11.6. The molecule has 1 fully saturated rings. The summed E-state index contributed by atoms with van der Waals surface area (Å²) >= 11 is 0. The maximum Gasteiger partial charge on any atom is 0.239 e. The molecule has 0 bridgehead atoms. The largest absolute Gasteiger partial charge is 0.352 e. The maximum atomic E-state index is 11.6. The molecule has 0 spiro atoms. The molecule has 0 aromatic carbocycles. The van der Waals surface area contributed by atoms with Gasteiger partial charge in [0.25, 0.3) is 0 Å². The van der Waals surface area contributed by atoms with E-state index in [9.17, 15) is 9.59 Å². The summed E-state index contributed by atoms with van der Waals surface area (Å²) in [6.45, 7) is 3.83. The first-order valence-electron chi connectivity index (χ1n) is 5.81. The van der Waals surface area contributed by atoms with Crippen molar-refractivity contribution in [3.8, 4) is 0 Å². The normalized spacial score (nSPS) is 23.1. The zero-order valence-electron chi connectivity index (χ0n) is 10.4. The minimum atomic E-state index is -0.148. The van der Waals surface area contributed by atoms with E-state index in [0.29, 0.717) is 0 Å². The highest BCUT2D eigenvalue weighted by Crippen LogP contribution is 2.23. The third-order valence-corrected chi connectivity index (χ3v) is 2.72. The van der Waals surface area contributed by atoms with Crippen LogP contribution in [-0.4, -0.2) is 30.4 Å². The van der Waals surface area contributed by atoms with Gasteiger partial charge in [-0.15, -0.1) is 12.4 Å². The summed E-state index contributed by atoms with van der Waals surface area (Å²) in [4.78, 5) is 22.9. The Labute approximate surface area is 108 Å². The molecule has 17 heavy (non-hydrogen) atoms. The molecule has 1 saturated carbocycles. The van der Waals surface area contributed by atoms with Gasteiger partial charge in [-0.05, 0) is 33.1 Å². The molecule has 4 N–H and O–H groups in total. The van der Waals surface area contributed by atoms with Crippen LogP contribution in [0.15, 0.2) is 0 Å². The van der Waals surface area contributed by atoms with Crippen molar-refractivity contribution in [2.24, 2.45) is 11.7 Å². The molecular weight excluding hydrogens is 242 g/mol. The zero-order chi connectivity index (χ0) is 12.1. The monoisotopic (exact) mass is 263 g/mol. The molecule has 0 aromatic rings. The SMILES string of the molecule is CC(C)NC(=O)CNC(=O)C1CCC(N)C1.Cl. The van der Waals surface area contributed by atoms with Crippen LogP contribution >= 0.6 is 12.4 Å². The second kappa shape index (κ2) is 7.50. The van der Waals surface area contributed by atoms with Crippen molar-refractivity contribution in [1.82, 2.24) is 10.6 Å². The highest BCUT2D eigenvalue weighted by Gasteiger charge is 2.27. The summed E-state index contributed by atoms with van der Waals surface area (Å²) in [6, 6.07) is 0.240. The number of nitrogens with two attached hydrogens (primary N) is 1. The molecule has 2 unspecified atom stereocenters. The predicted octanol–water partition coefficient (Wildman–Crippen LogP) is 0.176. The number of carbonyl (C=O) groups is 2. The van der Waals surface area contributed by atoms with E-state index in [-0.39, 0.29) is 48.8 Å². The Morgan fingerprint density at radius 3 is 2.47 bits per heavy atom. The van der Waals surface area contributed by atoms with E-state index in [1.807, 2.05) is 13.8 Å². The Hall–Kier alpha value is -0.810. The van der Waals surface area contributed by atoms with Gasteiger partial charge >= 0.3 is 0 Å². The van der Waals surface area contributed by atoms with Gasteiger partial charge in [0.1, 0.15) is 0 Å². The summed E-state index contributed by atoms with van der Waals surface area (Å²) in [6.07, 6.45) is 2.46. The summed E-state index contributed by atoms with van der Waals surface area (Å²) in [5.41, 5.74) is 5.73. The molecule has 2 amide bonds. The van der Waals surface area contributed by atoms with E-state index in [2.05, 4.69) is 10.6 Å². The fourth-order valence-corrected chi connectivity index (χ4v) is 1.94. The Balaban J connectivity index is 0.00000256. The van der Waals surface area contributed by atoms with Gasteiger partial charge in [-0.2, -0.15) is 0 Å². The molecule has 2 atom stereocenters. The number of hydrogen-bond donors (Lipinski definition) is 3. The van der Waals surface area contributed by atoms with Crippen LogP contribution in [-0.2, 0) is 9.59 Å². The molecule has 1 aliphatic carbocycles. The van der Waals surface area contributed by atoms with Gasteiger partial charge in [0.2, 0.25) is 11.8 Å². The van der Waals surface area contributed by atoms with Crippen molar-refractivity contribution < 1.29 is 9.59 Å². The number of rotatable bonds is 4. The van der Waals surface area contributed by atoms with Crippen molar-refractivity contribution in [3.63, 3.8) is 0 Å². The zero-order valence-corrected chi connectivity index (χ0v) is 11.2. The highest BCUT2D eigenvalue weighted by atomic mass is 35.5. The fourth-order valence-electron chi connectivity index (χ4n) is 1.94. The van der Waals surface area contributed by atoms with Crippen LogP contribution in [0.3, 0.4) is 0 Å². The Bertz CT molecular complexity index is 271. The van der Waals surface area contributed by atoms with Crippen molar-refractivity contribution in [3.05, 3.63) is 0 Å². The summed E-state index contributed by atoms with van der Waals surface area (Å²) < 4.78 is 0. The van der Waals surface area contributed by atoms with Crippen molar-refractivity contribution >= 4 is 24.2 Å². The van der Waals surface area contributed by atoms with E-state index in [4.69, 9.17) is 5.73 Å². The van der Waals surface area contributed by atoms with Crippen molar-refractivity contribution in [2.75, 3.05) is 6.54 Å². The van der Waals surface area contributed by atoms with Crippen LogP contribution in [0.1, 0.15) is 33.1 Å². The Morgan fingerprint density at radius 2 is 2.00 bits per heavy atom. The summed E-state index contributed by atoms with van der Waals surface area (Å²) in [7, 11) is 0. The van der Waals surface area contributed by atoms with Crippen molar-refractivity contribution in [2.45, 2.75) is 45.2 Å². The topological polar surface area (TPSA) is 84.2 Å². The molecule has 0 saturated heterocycles. The van der Waals surface area contributed by atoms with E-state index >= 15 is 0 Å². The van der Waals surface area contributed by atoms with Gasteiger partial charge < -0.3 is 16.4 Å². The number of halogens is 1. The van der Waals surface area contributed by atoms with Crippen molar-refractivity contribution in [1.29, 1.82) is 0 Å². The van der Waals surface area contributed by atoms with Gasteiger partial charge in [-0.25, -0.2) is 0 Å². The predicted molar refractivity (Wildman–Crippen MR) is 68.9 cm³/mol. The lowest BCUT2D eigenvalue weighted by atomic mass is 10.1. The third kappa shape index (κ3) is 5.89. The lowest BCUT2D eigenvalue weighted by Crippen LogP contribution is -2.41. The van der Waals surface area contributed by atoms with Crippen LogP contribution in [0, 0.1) is 5.92 Å². The Morgan fingerprint density at radius 1 is 1.35 bits per heavy atom. The van der Waals surface area contributed by atoms with E-state index in [1.165, 1.54) is 0 Å². The van der Waals surface area contributed by atoms with Gasteiger partial charge in [0.15, 0.2) is 0 Å². The first-order chi connectivity index (χ1) is 7.49. The molecule has 6 heteroatoms. The third-order valence-electron chi connectivity index (χ3n) is 2.72. The minimum absolute atomic E-state index is 0. The van der Waals surface area contributed by atoms with Crippen LogP contribution in [0.4, 0.5) is 0 Å². The standard InChI is InChI=1S/C11H21N3O2.ClH/c1-7(2)14-10(15)6-13-11(16)8-3-4-9(12)5-8;/h7-9H,3-6,12H2,1-2H3,(H,13,16)(H,14,15);1H. The van der Waals surface area contributed by atoms with Gasteiger partial charge in [-0.3, -0.25) is 9.59 Å². The Kier molecular flexibility index (Phi) is 7.15. The number of hydrogen-bond acceptors (Lipinski definition) is 3. The molecule has 0 radical (unpaired) electrons. The average Bonchev–Trinajstić information content (AvgIpc) is 2.60. The second-order valence-electron chi connectivity index (χ2n) is 4.71. The molecule has 0 heterocycles. The lowest BCUT2D eigenvalue weighted by molar-refractivity contribution is -0.128. The highest BCUT2D eigenvalue weighted by molar-refractivity contribution is 5.86. The fraction of sp³-hybridized carbons (Fsp3) is 0.818. The van der Waals surface area contributed by atoms with Gasteiger partial charge in [0.05, 0.1) is 6.54 Å². The number of nitrogens with one attached hydrogen (secondary N) is 2. The molecule has 1 aliphatic rings. The number of amides is 2. The second-order valence-corrected chi connectivity index (χ2v) is 4.71. The minimum Gasteiger partial charge on any atom is -0.352 e. The molecule has 1 rings (SSSR count). The average molecular weight is 264 g/mol. The first-order valence-corrected chi connectivity index (χ1v) is 5.81. The van der Waals surface area contributed by atoms with Crippen LogP contribution in [0.2, 0.25) is 0 Å². The molecule has 100 valence electrons. The molecular formula is C11H22ClN3O2.